The third kappa shape index (κ3) is 6.50. The van der Waals surface area contributed by atoms with Crippen molar-refractivity contribution in [2.75, 3.05) is 5.32 Å². The van der Waals surface area contributed by atoms with Gasteiger partial charge >= 0.3 is 6.36 Å². The lowest BCUT2D eigenvalue weighted by atomic mass is 10.1. The number of ether oxygens (including phenoxy) is 1. The number of halogens is 3. The summed E-state index contributed by atoms with van der Waals surface area (Å²) in [6, 6.07) is 20.9. The number of rotatable bonds is 7. The number of benzene rings is 3. The standard InChI is InChI=1S/C26H21F3N6OS/c27-26(28,29)36-21-13-11-20(12-14-21)35-16-30-24(34-35)19-7-5-17(6-8-19)15-31-33-25(37)32-23-4-2-1-3-22(23)18-9-10-18/h1-8,11-16,18H,9-10H2,(H2,32,33,37). The van der Waals surface area contributed by atoms with Crippen LogP contribution in [-0.4, -0.2) is 32.5 Å². The van der Waals surface area contributed by atoms with Gasteiger partial charge in [-0.2, -0.15) is 5.10 Å². The van der Waals surface area contributed by atoms with Crippen LogP contribution in [0.4, 0.5) is 18.9 Å². The Hall–Kier alpha value is -4.25. The summed E-state index contributed by atoms with van der Waals surface area (Å²) in [4.78, 5) is 4.29. The van der Waals surface area contributed by atoms with Crippen LogP contribution < -0.4 is 15.5 Å². The van der Waals surface area contributed by atoms with Crippen molar-refractivity contribution in [3.63, 3.8) is 0 Å². The molecule has 1 aliphatic carbocycles. The quantitative estimate of drug-likeness (QED) is 0.175. The molecule has 2 N–H and O–H groups in total. The molecule has 3 aromatic carbocycles. The predicted octanol–water partition coefficient (Wildman–Crippen LogP) is 6.03. The predicted molar refractivity (Wildman–Crippen MR) is 139 cm³/mol. The van der Waals surface area contributed by atoms with Gasteiger partial charge in [-0.3, -0.25) is 5.43 Å². The van der Waals surface area contributed by atoms with Gasteiger partial charge in [0.25, 0.3) is 0 Å². The van der Waals surface area contributed by atoms with Crippen molar-refractivity contribution in [1.82, 2.24) is 20.2 Å². The van der Waals surface area contributed by atoms with Gasteiger partial charge in [-0.1, -0.05) is 42.5 Å². The van der Waals surface area contributed by atoms with Gasteiger partial charge in [0.05, 0.1) is 11.9 Å². The number of hydrogen-bond acceptors (Lipinski definition) is 5. The lowest BCUT2D eigenvalue weighted by Gasteiger charge is -2.11. The minimum Gasteiger partial charge on any atom is -0.406 e. The lowest BCUT2D eigenvalue weighted by Crippen LogP contribution is -2.24. The first kappa shape index (κ1) is 24.4. The van der Waals surface area contributed by atoms with Crippen LogP contribution in [0.1, 0.15) is 29.9 Å². The molecule has 0 spiro atoms. The Kier molecular flexibility index (Phi) is 6.87. The molecule has 11 heteroatoms. The summed E-state index contributed by atoms with van der Waals surface area (Å²) in [7, 11) is 0. The van der Waals surface area contributed by atoms with Crippen molar-refractivity contribution >= 4 is 29.2 Å². The zero-order valence-electron chi connectivity index (χ0n) is 19.3. The molecule has 5 rings (SSSR count). The summed E-state index contributed by atoms with van der Waals surface area (Å²) in [6.45, 7) is 0. The normalized spacial score (nSPS) is 13.5. The van der Waals surface area contributed by atoms with E-state index >= 15 is 0 Å². The Morgan fingerprint density at radius 1 is 1.03 bits per heavy atom. The molecule has 0 aliphatic heterocycles. The van der Waals surface area contributed by atoms with Crippen molar-refractivity contribution in [2.24, 2.45) is 5.10 Å². The molecule has 37 heavy (non-hydrogen) atoms. The molecule has 1 heterocycles. The summed E-state index contributed by atoms with van der Waals surface area (Å²) < 4.78 is 42.4. The van der Waals surface area contributed by atoms with Crippen molar-refractivity contribution < 1.29 is 17.9 Å². The van der Waals surface area contributed by atoms with Gasteiger partial charge in [0.15, 0.2) is 10.9 Å². The summed E-state index contributed by atoms with van der Waals surface area (Å²) in [5.74, 6) is 0.771. The van der Waals surface area contributed by atoms with Crippen molar-refractivity contribution in [1.29, 1.82) is 0 Å². The maximum atomic E-state index is 12.3. The molecular formula is C26H21F3N6OS. The molecular weight excluding hydrogens is 501 g/mol. The van der Waals surface area contributed by atoms with E-state index < -0.39 is 6.36 Å². The minimum absolute atomic E-state index is 0.303. The largest absolute Gasteiger partial charge is 0.573 e. The van der Waals surface area contributed by atoms with Crippen LogP contribution in [0, 0.1) is 0 Å². The van der Waals surface area contributed by atoms with Gasteiger partial charge in [-0.05, 0) is 72.4 Å². The SMILES string of the molecule is FC(F)(F)Oc1ccc(-n2cnc(-c3ccc(C=NNC(=S)Nc4ccccc4C4CC4)cc3)n2)cc1. The van der Waals surface area contributed by atoms with Gasteiger partial charge in [0.2, 0.25) is 0 Å². The van der Waals surface area contributed by atoms with Gasteiger partial charge < -0.3 is 10.1 Å². The van der Waals surface area contributed by atoms with Crippen molar-refractivity contribution in [3.05, 3.63) is 90.3 Å². The summed E-state index contributed by atoms with van der Waals surface area (Å²) in [5.41, 5.74) is 7.28. The number of aromatic nitrogens is 3. The first-order valence-electron chi connectivity index (χ1n) is 11.4. The van der Waals surface area contributed by atoms with Gasteiger partial charge in [0.1, 0.15) is 12.1 Å². The number of para-hydroxylation sites is 1. The number of thiocarbonyl (C=S) groups is 1. The van der Waals surface area contributed by atoms with E-state index in [-0.39, 0.29) is 5.75 Å². The highest BCUT2D eigenvalue weighted by Crippen LogP contribution is 2.43. The minimum atomic E-state index is -4.74. The Balaban J connectivity index is 1.17. The Labute approximate surface area is 216 Å². The summed E-state index contributed by atoms with van der Waals surface area (Å²) in [6.07, 6.45) is 0.817. The highest BCUT2D eigenvalue weighted by Gasteiger charge is 2.31. The zero-order valence-corrected chi connectivity index (χ0v) is 20.1. The lowest BCUT2D eigenvalue weighted by molar-refractivity contribution is -0.274. The van der Waals surface area contributed by atoms with Crippen LogP contribution in [0.3, 0.4) is 0 Å². The van der Waals surface area contributed by atoms with E-state index in [1.54, 1.807) is 6.21 Å². The highest BCUT2D eigenvalue weighted by molar-refractivity contribution is 7.80. The van der Waals surface area contributed by atoms with E-state index in [1.165, 1.54) is 53.7 Å². The first-order valence-corrected chi connectivity index (χ1v) is 11.8. The molecule has 1 aromatic heterocycles. The second-order valence-corrected chi connectivity index (χ2v) is 8.77. The molecule has 7 nitrogen and oxygen atoms in total. The number of anilines is 1. The molecule has 1 saturated carbocycles. The van der Waals surface area contributed by atoms with E-state index in [2.05, 4.69) is 36.7 Å². The molecule has 0 amide bonds. The molecule has 1 fully saturated rings. The molecule has 0 saturated heterocycles. The molecule has 0 bridgehead atoms. The smallest absolute Gasteiger partial charge is 0.406 e. The van der Waals surface area contributed by atoms with Crippen molar-refractivity contribution in [3.8, 4) is 22.8 Å². The average Bonchev–Trinajstić information content (AvgIpc) is 3.60. The van der Waals surface area contributed by atoms with Crippen LogP contribution in [0.25, 0.3) is 17.1 Å². The maximum absolute atomic E-state index is 12.3. The van der Waals surface area contributed by atoms with Gasteiger partial charge in [-0.25, -0.2) is 9.67 Å². The topological polar surface area (TPSA) is 76.4 Å². The number of alkyl halides is 3. The number of hydrogen-bond donors (Lipinski definition) is 2. The van der Waals surface area contributed by atoms with Crippen LogP contribution >= 0.6 is 12.2 Å². The Morgan fingerprint density at radius 3 is 2.46 bits per heavy atom. The molecule has 0 atom stereocenters. The molecule has 0 radical (unpaired) electrons. The summed E-state index contributed by atoms with van der Waals surface area (Å²) >= 11 is 5.36. The fraction of sp³-hybridized carbons (Fsp3) is 0.154. The maximum Gasteiger partial charge on any atom is 0.573 e. The van der Waals surface area contributed by atoms with E-state index in [0.29, 0.717) is 22.5 Å². The van der Waals surface area contributed by atoms with Crippen LogP contribution in [-0.2, 0) is 0 Å². The average molecular weight is 523 g/mol. The Bertz CT molecular complexity index is 1410. The van der Waals surface area contributed by atoms with Crippen LogP contribution in [0.5, 0.6) is 5.75 Å². The second-order valence-electron chi connectivity index (χ2n) is 8.36. The molecule has 4 aromatic rings. The van der Waals surface area contributed by atoms with E-state index in [0.717, 1.165) is 16.8 Å². The Morgan fingerprint density at radius 2 is 1.76 bits per heavy atom. The monoisotopic (exact) mass is 522 g/mol. The molecule has 0 unspecified atom stereocenters. The summed E-state index contributed by atoms with van der Waals surface area (Å²) in [5, 5.41) is 12.2. The fourth-order valence-corrected chi connectivity index (χ4v) is 3.88. The first-order chi connectivity index (χ1) is 17.8. The van der Waals surface area contributed by atoms with Gasteiger partial charge in [0, 0.05) is 11.3 Å². The number of nitrogens with one attached hydrogen (secondary N) is 2. The van der Waals surface area contributed by atoms with Gasteiger partial charge in [-0.15, -0.1) is 18.3 Å². The molecule has 1 aliphatic rings. The second kappa shape index (κ2) is 10.4. The van der Waals surface area contributed by atoms with Crippen LogP contribution in [0.15, 0.2) is 84.2 Å². The highest BCUT2D eigenvalue weighted by atomic mass is 32.1. The fourth-order valence-electron chi connectivity index (χ4n) is 3.72. The number of hydrazone groups is 1. The third-order valence-electron chi connectivity index (χ3n) is 5.60. The van der Waals surface area contributed by atoms with Crippen molar-refractivity contribution in [2.45, 2.75) is 25.1 Å². The van der Waals surface area contributed by atoms with E-state index in [1.807, 2.05) is 42.5 Å². The molecule has 188 valence electrons. The van der Waals surface area contributed by atoms with E-state index in [9.17, 15) is 13.2 Å². The van der Waals surface area contributed by atoms with Crippen LogP contribution in [0.2, 0.25) is 0 Å². The van der Waals surface area contributed by atoms with E-state index in [4.69, 9.17) is 12.2 Å². The third-order valence-corrected chi connectivity index (χ3v) is 5.79. The zero-order chi connectivity index (χ0) is 25.8. The number of nitrogens with zero attached hydrogens (tertiary/aromatic N) is 4.